The third kappa shape index (κ3) is 24.6. The van der Waals surface area contributed by atoms with Crippen molar-refractivity contribution in [3.63, 3.8) is 0 Å². The van der Waals surface area contributed by atoms with E-state index in [1.54, 1.807) is 0 Å². The molecule has 0 radical (unpaired) electrons. The molecule has 0 spiro atoms. The molecule has 1 aromatic carbocycles. The lowest BCUT2D eigenvalue weighted by Gasteiger charge is -2.49. The van der Waals surface area contributed by atoms with E-state index >= 15 is 0 Å². The maximum Gasteiger partial charge on any atom is 0.508 e. The van der Waals surface area contributed by atoms with Crippen molar-refractivity contribution in [2.75, 3.05) is 106 Å². The van der Waals surface area contributed by atoms with Crippen LogP contribution in [0.5, 0.6) is 0 Å². The van der Waals surface area contributed by atoms with Crippen LogP contribution in [0.15, 0.2) is 30.3 Å². The summed E-state index contributed by atoms with van der Waals surface area (Å²) in [5.74, 6) is -3.82. The van der Waals surface area contributed by atoms with Crippen LogP contribution in [-0.4, -0.2) is 246 Å². The minimum absolute atomic E-state index is 0.0453. The zero-order chi connectivity index (χ0) is 59.9. The average Bonchev–Trinajstić information content (AvgIpc) is 3.57. The van der Waals surface area contributed by atoms with Crippen molar-refractivity contribution >= 4 is 29.8 Å². The van der Waals surface area contributed by atoms with E-state index in [1.165, 1.54) is 13.8 Å². The van der Waals surface area contributed by atoms with Gasteiger partial charge in [0.1, 0.15) is 62.5 Å². The van der Waals surface area contributed by atoms with Crippen molar-refractivity contribution in [3.8, 4) is 0 Å². The summed E-state index contributed by atoms with van der Waals surface area (Å²) in [4.78, 5) is 63.6. The van der Waals surface area contributed by atoms with Gasteiger partial charge in [-0.3, -0.25) is 14.4 Å². The molecule has 2 aliphatic carbocycles. The number of amides is 3. The van der Waals surface area contributed by atoms with Gasteiger partial charge in [-0.25, -0.2) is 9.59 Å². The quantitative estimate of drug-likeness (QED) is 0.0313. The molecule has 9 N–H and O–H groups in total. The van der Waals surface area contributed by atoms with E-state index in [0.717, 1.165) is 37.7 Å². The van der Waals surface area contributed by atoms with Crippen molar-refractivity contribution in [3.05, 3.63) is 35.9 Å². The Bertz CT molecular complexity index is 2010. The van der Waals surface area contributed by atoms with E-state index in [9.17, 15) is 54.6 Å². The molecule has 27 nitrogen and oxygen atoms in total. The summed E-state index contributed by atoms with van der Waals surface area (Å²) in [6.45, 7) is 7.24. The van der Waals surface area contributed by atoms with Crippen molar-refractivity contribution < 1.29 is 116 Å². The molecule has 2 heterocycles. The predicted molar refractivity (Wildman–Crippen MR) is 289 cm³/mol. The lowest BCUT2D eigenvalue weighted by molar-refractivity contribution is -0.338. The highest BCUT2D eigenvalue weighted by Crippen LogP contribution is 2.40. The van der Waals surface area contributed by atoms with Crippen LogP contribution in [0.25, 0.3) is 0 Å². The second-order valence-electron chi connectivity index (χ2n) is 21.0. The molecule has 2 saturated heterocycles. The van der Waals surface area contributed by atoms with Gasteiger partial charge in [0.2, 0.25) is 17.7 Å². The second kappa shape index (κ2) is 38.7. The first-order valence-corrected chi connectivity index (χ1v) is 29.0. The Morgan fingerprint density at radius 3 is 1.87 bits per heavy atom. The van der Waals surface area contributed by atoms with E-state index in [-0.39, 0.29) is 83.8 Å². The molecule has 4 aliphatic rings. The Kier molecular flexibility index (Phi) is 32.4. The first-order chi connectivity index (χ1) is 40.1. The SMILES string of the molecule is CCC1CC(C(=O)NCCNC(=O)COCCOCCOCCOCCOCCOCCOC(=O)OCc2ccccc2)C[C@@H](O[C@@H]2OC(CO)[C@H](O)C(O[C@@H](CC3CCCCC3)C(=O)O)C2NC(C)=O)C1O[C@@H]1OC(C)[C@@H](O)C(O)C1O. The summed E-state index contributed by atoms with van der Waals surface area (Å²) in [6.07, 6.45) is -12.0. The smallest absolute Gasteiger partial charge is 0.479 e. The molecule has 1 aromatic rings. The summed E-state index contributed by atoms with van der Waals surface area (Å²) in [6, 6.07) is 7.94. The van der Waals surface area contributed by atoms with Crippen LogP contribution in [0.3, 0.4) is 0 Å². The Morgan fingerprint density at radius 1 is 0.675 bits per heavy atom. The summed E-state index contributed by atoms with van der Waals surface area (Å²) in [7, 11) is 0. The van der Waals surface area contributed by atoms with Crippen LogP contribution in [0.2, 0.25) is 0 Å². The molecule has 2 aliphatic heterocycles. The van der Waals surface area contributed by atoms with Crippen molar-refractivity contribution in [2.45, 2.75) is 165 Å². The van der Waals surface area contributed by atoms with Crippen molar-refractivity contribution in [2.24, 2.45) is 17.8 Å². The molecule has 15 atom stereocenters. The highest BCUT2D eigenvalue weighted by atomic mass is 16.7. The fraction of sp³-hybridized carbons (Fsp3) is 0.804. The number of carbonyl (C=O) groups is 5. The number of aliphatic hydroxyl groups is 5. The first-order valence-electron chi connectivity index (χ1n) is 29.0. The number of carboxylic acids is 1. The maximum atomic E-state index is 13.9. The van der Waals surface area contributed by atoms with Gasteiger partial charge in [0.25, 0.3) is 0 Å². The van der Waals surface area contributed by atoms with Crippen LogP contribution < -0.4 is 16.0 Å². The lowest BCUT2D eigenvalue weighted by atomic mass is 9.75. The van der Waals surface area contributed by atoms with E-state index in [1.807, 2.05) is 37.3 Å². The number of carbonyl (C=O) groups excluding carboxylic acids is 4. The molecule has 0 bridgehead atoms. The minimum Gasteiger partial charge on any atom is -0.479 e. The Morgan fingerprint density at radius 2 is 1.28 bits per heavy atom. The minimum atomic E-state index is -1.69. The Balaban J connectivity index is 0.995. The van der Waals surface area contributed by atoms with E-state index < -0.39 is 122 Å². The highest BCUT2D eigenvalue weighted by molar-refractivity contribution is 5.79. The van der Waals surface area contributed by atoms with E-state index in [0.29, 0.717) is 59.3 Å². The molecular formula is C56H91N3O24. The highest BCUT2D eigenvalue weighted by Gasteiger charge is 2.53. The van der Waals surface area contributed by atoms with Gasteiger partial charge in [-0.15, -0.1) is 0 Å². The normalized spacial score (nSPS) is 28.9. The number of rotatable bonds is 38. The average molecular weight is 1190 g/mol. The summed E-state index contributed by atoms with van der Waals surface area (Å²) in [5.41, 5.74) is 0.864. The lowest BCUT2D eigenvalue weighted by Crippen LogP contribution is -2.67. The number of aliphatic hydroxyl groups excluding tert-OH is 5. The topological polar surface area (TPSA) is 363 Å². The molecule has 83 heavy (non-hydrogen) atoms. The Hall–Kier alpha value is -4.27. The van der Waals surface area contributed by atoms with Crippen molar-refractivity contribution in [1.82, 2.24) is 16.0 Å². The first kappa shape index (κ1) is 69.5. The standard InChI is InChI=1S/C56H91N3O24/c1-4-39-30-40(52(67)58-16-15-57-44(62)34-76-26-25-74-22-21-72-18-17-71-19-20-73-23-24-75-27-28-77-56(70)78-33-38-13-9-6-10-14-38)31-41(50(39)83-55-49(66)48(65)46(63)35(2)79-55)81-54-45(59-36(3)61)51(47(64)43(32-60)82-54)80-42(53(68)69)29-37-11-7-5-8-12-37/h6,9-10,13-14,35,37,39-43,45-51,54-55,60,63-66H,4-5,7-8,11-12,15-34H2,1-3H3,(H,57,62)(H,58,67)(H,59,61)(H,68,69)/t35?,39?,40?,41-,42+,43?,45?,46-,47+,48?,49?,50?,51?,54-,55+/m1/s1. The van der Waals surface area contributed by atoms with E-state index in [2.05, 4.69) is 16.0 Å². The van der Waals surface area contributed by atoms with Crippen molar-refractivity contribution in [1.29, 1.82) is 0 Å². The van der Waals surface area contributed by atoms with Gasteiger partial charge in [-0.05, 0) is 43.6 Å². The predicted octanol–water partition coefficient (Wildman–Crippen LogP) is 0.0975. The molecule has 3 amide bonds. The molecule has 2 saturated carbocycles. The number of benzene rings is 1. The molecule has 474 valence electrons. The Labute approximate surface area is 484 Å². The fourth-order valence-electron chi connectivity index (χ4n) is 10.4. The van der Waals surface area contributed by atoms with Gasteiger partial charge < -0.3 is 108 Å². The molecule has 5 rings (SSSR count). The third-order valence-corrected chi connectivity index (χ3v) is 14.8. The summed E-state index contributed by atoms with van der Waals surface area (Å²) in [5, 5.41) is 72.6. The fourth-order valence-corrected chi connectivity index (χ4v) is 10.4. The van der Waals surface area contributed by atoms with Gasteiger partial charge in [-0.1, -0.05) is 75.8 Å². The monoisotopic (exact) mass is 1190 g/mol. The molecular weight excluding hydrogens is 1100 g/mol. The van der Waals surface area contributed by atoms with Crippen LogP contribution in [0, 0.1) is 17.8 Å². The molecule has 27 heteroatoms. The molecule has 9 unspecified atom stereocenters. The van der Waals surface area contributed by atoms with Gasteiger partial charge >= 0.3 is 12.1 Å². The summed E-state index contributed by atoms with van der Waals surface area (Å²) >= 11 is 0. The van der Waals surface area contributed by atoms with Crippen LogP contribution in [0.4, 0.5) is 4.79 Å². The number of hydrogen-bond acceptors (Lipinski definition) is 23. The number of carboxylic acid groups (broad SMARTS) is 1. The van der Waals surface area contributed by atoms with Crippen LogP contribution in [0.1, 0.15) is 84.1 Å². The van der Waals surface area contributed by atoms with Crippen LogP contribution >= 0.6 is 0 Å². The summed E-state index contributed by atoms with van der Waals surface area (Å²) < 4.78 is 73.9. The number of aliphatic carboxylic acids is 1. The van der Waals surface area contributed by atoms with Gasteiger partial charge in [0, 0.05) is 25.9 Å². The molecule has 4 fully saturated rings. The molecule has 0 aromatic heterocycles. The van der Waals surface area contributed by atoms with Gasteiger partial charge in [-0.2, -0.15) is 0 Å². The zero-order valence-corrected chi connectivity index (χ0v) is 48.0. The third-order valence-electron chi connectivity index (χ3n) is 14.8. The van der Waals surface area contributed by atoms with Gasteiger partial charge in [0.05, 0.1) is 97.6 Å². The van der Waals surface area contributed by atoms with E-state index in [4.69, 9.17) is 61.6 Å². The van der Waals surface area contributed by atoms with Crippen LogP contribution in [-0.2, 0) is 87.4 Å². The van der Waals surface area contributed by atoms with Gasteiger partial charge in [0.15, 0.2) is 18.7 Å². The zero-order valence-electron chi connectivity index (χ0n) is 48.0. The number of ether oxygens (including phenoxy) is 13. The maximum absolute atomic E-state index is 13.9. The second-order valence-corrected chi connectivity index (χ2v) is 21.0. The largest absolute Gasteiger partial charge is 0.508 e. The number of hydrogen-bond donors (Lipinski definition) is 9. The number of nitrogens with one attached hydrogen (secondary N) is 3.